The lowest BCUT2D eigenvalue weighted by molar-refractivity contribution is 0.0917. The van der Waals surface area contributed by atoms with Crippen LogP contribution in [0.5, 0.6) is 0 Å². The second kappa shape index (κ2) is 6.49. The molecule has 1 aromatic heterocycles. The number of carbonyl (C=O) groups is 1. The summed E-state index contributed by atoms with van der Waals surface area (Å²) in [6, 6.07) is 13.5. The van der Waals surface area contributed by atoms with Gasteiger partial charge in [-0.2, -0.15) is 0 Å². The Labute approximate surface area is 141 Å². The molecule has 0 bridgehead atoms. The van der Waals surface area contributed by atoms with Gasteiger partial charge in [-0.05, 0) is 43.2 Å². The molecule has 124 valence electrons. The van der Waals surface area contributed by atoms with Crippen molar-refractivity contribution in [2.24, 2.45) is 7.05 Å². The Bertz CT molecular complexity index is 896. The van der Waals surface area contributed by atoms with Gasteiger partial charge in [-0.1, -0.05) is 24.3 Å². The minimum absolute atomic E-state index is 0.169. The van der Waals surface area contributed by atoms with Crippen molar-refractivity contribution in [2.75, 3.05) is 6.54 Å². The number of benzene rings is 2. The Balaban J connectivity index is 1.73. The number of aromatic nitrogens is 1. The Morgan fingerprint density at radius 2 is 1.92 bits per heavy atom. The number of aliphatic hydroxyl groups is 1. The Morgan fingerprint density at radius 1 is 1.17 bits per heavy atom. The molecular formula is C20H22N2O2. The number of fused-ring (bicyclic) bond motifs is 1. The first-order chi connectivity index (χ1) is 11.5. The SMILES string of the molecule is Cc1ccc(C(=O)NCC(O)c2cn(C)c3ccccc23)cc1C. The summed E-state index contributed by atoms with van der Waals surface area (Å²) in [5, 5.41) is 14.3. The van der Waals surface area contributed by atoms with Gasteiger partial charge < -0.3 is 15.0 Å². The minimum atomic E-state index is -0.744. The lowest BCUT2D eigenvalue weighted by Gasteiger charge is -2.12. The molecule has 1 unspecified atom stereocenters. The summed E-state index contributed by atoms with van der Waals surface area (Å²) in [5.74, 6) is -0.169. The molecule has 2 N–H and O–H groups in total. The molecule has 3 aromatic rings. The van der Waals surface area contributed by atoms with E-state index < -0.39 is 6.10 Å². The van der Waals surface area contributed by atoms with Gasteiger partial charge in [-0.25, -0.2) is 0 Å². The quantitative estimate of drug-likeness (QED) is 0.774. The van der Waals surface area contributed by atoms with Crippen LogP contribution < -0.4 is 5.32 Å². The zero-order valence-electron chi connectivity index (χ0n) is 14.2. The number of carbonyl (C=O) groups excluding carboxylic acids is 1. The van der Waals surface area contributed by atoms with E-state index in [-0.39, 0.29) is 12.5 Å². The predicted octanol–water partition coefficient (Wildman–Crippen LogP) is 3.26. The molecule has 3 rings (SSSR count). The monoisotopic (exact) mass is 322 g/mol. The molecule has 0 aliphatic carbocycles. The highest BCUT2D eigenvalue weighted by molar-refractivity contribution is 5.94. The highest BCUT2D eigenvalue weighted by atomic mass is 16.3. The van der Waals surface area contributed by atoms with Gasteiger partial charge in [0.05, 0.1) is 6.10 Å². The van der Waals surface area contributed by atoms with Crippen molar-refractivity contribution >= 4 is 16.8 Å². The first kappa shape index (κ1) is 16.3. The number of nitrogens with one attached hydrogen (secondary N) is 1. The molecule has 0 spiro atoms. The molecule has 1 heterocycles. The van der Waals surface area contributed by atoms with Crippen LogP contribution in [0.3, 0.4) is 0 Å². The smallest absolute Gasteiger partial charge is 0.251 e. The first-order valence-corrected chi connectivity index (χ1v) is 8.05. The van der Waals surface area contributed by atoms with E-state index in [1.54, 1.807) is 0 Å². The van der Waals surface area contributed by atoms with Crippen LogP contribution in [0, 0.1) is 13.8 Å². The standard InChI is InChI=1S/C20H22N2O2/c1-13-8-9-15(10-14(13)2)20(24)21-11-19(23)17-12-22(3)18-7-5-4-6-16(17)18/h4-10,12,19,23H,11H2,1-3H3,(H,21,24). The number of aliphatic hydroxyl groups excluding tert-OH is 1. The van der Waals surface area contributed by atoms with E-state index in [1.807, 2.05) is 74.1 Å². The fourth-order valence-corrected chi connectivity index (χ4v) is 2.92. The van der Waals surface area contributed by atoms with Crippen molar-refractivity contribution in [1.29, 1.82) is 0 Å². The van der Waals surface area contributed by atoms with Gasteiger partial charge >= 0.3 is 0 Å². The van der Waals surface area contributed by atoms with Crippen LogP contribution in [0.1, 0.15) is 33.2 Å². The topological polar surface area (TPSA) is 54.3 Å². The number of para-hydroxylation sites is 1. The molecule has 0 radical (unpaired) electrons. The minimum Gasteiger partial charge on any atom is -0.386 e. The summed E-state index contributed by atoms with van der Waals surface area (Å²) in [7, 11) is 1.95. The fourth-order valence-electron chi connectivity index (χ4n) is 2.92. The molecule has 0 aliphatic heterocycles. The summed E-state index contributed by atoms with van der Waals surface area (Å²) in [5.41, 5.74) is 4.74. The summed E-state index contributed by atoms with van der Waals surface area (Å²) in [6.45, 7) is 4.18. The summed E-state index contributed by atoms with van der Waals surface area (Å²) >= 11 is 0. The molecule has 0 aliphatic rings. The Morgan fingerprint density at radius 3 is 2.67 bits per heavy atom. The van der Waals surface area contributed by atoms with Crippen molar-refractivity contribution in [2.45, 2.75) is 20.0 Å². The number of amides is 1. The van der Waals surface area contributed by atoms with Gasteiger partial charge in [-0.15, -0.1) is 0 Å². The molecule has 1 amide bonds. The van der Waals surface area contributed by atoms with Gasteiger partial charge in [-0.3, -0.25) is 4.79 Å². The maximum absolute atomic E-state index is 12.3. The second-order valence-electron chi connectivity index (χ2n) is 6.24. The molecule has 0 saturated carbocycles. The zero-order chi connectivity index (χ0) is 17.3. The summed E-state index contributed by atoms with van der Waals surface area (Å²) in [4.78, 5) is 12.3. The Hall–Kier alpha value is -2.59. The van der Waals surface area contributed by atoms with Crippen LogP contribution in [-0.2, 0) is 7.05 Å². The summed E-state index contributed by atoms with van der Waals surface area (Å²) < 4.78 is 1.99. The van der Waals surface area contributed by atoms with E-state index in [0.717, 1.165) is 27.6 Å². The molecule has 2 aromatic carbocycles. The zero-order valence-corrected chi connectivity index (χ0v) is 14.2. The maximum Gasteiger partial charge on any atom is 0.251 e. The number of aryl methyl sites for hydroxylation is 3. The third-order valence-electron chi connectivity index (χ3n) is 4.51. The summed E-state index contributed by atoms with van der Waals surface area (Å²) in [6.07, 6.45) is 1.17. The molecule has 4 heteroatoms. The van der Waals surface area contributed by atoms with Crippen molar-refractivity contribution in [3.8, 4) is 0 Å². The van der Waals surface area contributed by atoms with Gasteiger partial charge in [0.25, 0.3) is 5.91 Å². The molecule has 0 saturated heterocycles. The molecule has 4 nitrogen and oxygen atoms in total. The van der Waals surface area contributed by atoms with Crippen LogP contribution in [0.25, 0.3) is 10.9 Å². The third kappa shape index (κ3) is 3.05. The van der Waals surface area contributed by atoms with Gasteiger partial charge in [0.2, 0.25) is 0 Å². The van der Waals surface area contributed by atoms with Crippen LogP contribution in [0.2, 0.25) is 0 Å². The number of nitrogens with zero attached hydrogens (tertiary/aromatic N) is 1. The predicted molar refractivity (Wildman–Crippen MR) is 96.1 cm³/mol. The largest absolute Gasteiger partial charge is 0.386 e. The van der Waals surface area contributed by atoms with Crippen molar-refractivity contribution in [1.82, 2.24) is 9.88 Å². The number of rotatable bonds is 4. The van der Waals surface area contributed by atoms with Crippen molar-refractivity contribution in [3.05, 3.63) is 70.9 Å². The van der Waals surface area contributed by atoms with Gasteiger partial charge in [0.1, 0.15) is 0 Å². The van der Waals surface area contributed by atoms with E-state index in [1.165, 1.54) is 0 Å². The molecule has 0 fully saturated rings. The van der Waals surface area contributed by atoms with Crippen LogP contribution >= 0.6 is 0 Å². The van der Waals surface area contributed by atoms with E-state index in [2.05, 4.69) is 5.32 Å². The van der Waals surface area contributed by atoms with Crippen molar-refractivity contribution in [3.63, 3.8) is 0 Å². The fraction of sp³-hybridized carbons (Fsp3) is 0.250. The number of hydrogen-bond donors (Lipinski definition) is 2. The third-order valence-corrected chi connectivity index (χ3v) is 4.51. The van der Waals surface area contributed by atoms with Crippen LogP contribution in [-0.4, -0.2) is 22.1 Å². The van der Waals surface area contributed by atoms with Crippen LogP contribution in [0.15, 0.2) is 48.7 Å². The van der Waals surface area contributed by atoms with E-state index in [9.17, 15) is 9.90 Å². The lowest BCUT2D eigenvalue weighted by atomic mass is 10.1. The van der Waals surface area contributed by atoms with Crippen LogP contribution in [0.4, 0.5) is 0 Å². The molecule has 24 heavy (non-hydrogen) atoms. The highest BCUT2D eigenvalue weighted by Gasteiger charge is 2.16. The molecule has 1 atom stereocenters. The number of hydrogen-bond acceptors (Lipinski definition) is 2. The second-order valence-corrected chi connectivity index (χ2v) is 6.24. The van der Waals surface area contributed by atoms with Crippen molar-refractivity contribution < 1.29 is 9.90 Å². The average Bonchev–Trinajstić information content (AvgIpc) is 2.92. The first-order valence-electron chi connectivity index (χ1n) is 8.05. The van der Waals surface area contributed by atoms with E-state index in [4.69, 9.17) is 0 Å². The lowest BCUT2D eigenvalue weighted by Crippen LogP contribution is -2.28. The van der Waals surface area contributed by atoms with E-state index >= 15 is 0 Å². The van der Waals surface area contributed by atoms with Gasteiger partial charge in [0.15, 0.2) is 0 Å². The average molecular weight is 322 g/mol. The van der Waals surface area contributed by atoms with E-state index in [0.29, 0.717) is 5.56 Å². The Kier molecular flexibility index (Phi) is 4.40. The highest BCUT2D eigenvalue weighted by Crippen LogP contribution is 2.25. The molecular weight excluding hydrogens is 300 g/mol. The van der Waals surface area contributed by atoms with Gasteiger partial charge in [0, 0.05) is 41.8 Å². The maximum atomic E-state index is 12.3. The normalized spacial score (nSPS) is 12.3.